The number of nitrogens with zero attached hydrogens (tertiary/aromatic N) is 1. The Bertz CT molecular complexity index is 881. The van der Waals surface area contributed by atoms with Gasteiger partial charge in [-0.25, -0.2) is 0 Å². The third-order valence-corrected chi connectivity index (χ3v) is 4.73. The molecule has 1 saturated heterocycles. The summed E-state index contributed by atoms with van der Waals surface area (Å²) in [5.41, 5.74) is 5.07. The van der Waals surface area contributed by atoms with Crippen molar-refractivity contribution in [2.75, 3.05) is 7.05 Å². The highest BCUT2D eigenvalue weighted by Gasteiger charge is 2.34. The number of hydrogen-bond donors (Lipinski definition) is 2. The topological polar surface area (TPSA) is 39.1 Å². The van der Waals surface area contributed by atoms with Crippen LogP contribution in [0.3, 0.4) is 0 Å². The summed E-state index contributed by atoms with van der Waals surface area (Å²) in [5, 5.41) is 11.5. The molecule has 0 bridgehead atoms. The van der Waals surface area contributed by atoms with Gasteiger partial charge in [-0.05, 0) is 48.7 Å². The normalized spacial score (nSPS) is 19.9. The molecule has 3 heteroatoms. The molecule has 0 amide bonds. The lowest BCUT2D eigenvalue weighted by atomic mass is 9.84. The highest BCUT2D eigenvalue weighted by molar-refractivity contribution is 5.81. The highest BCUT2D eigenvalue weighted by atomic mass is 15.3. The van der Waals surface area contributed by atoms with E-state index in [0.29, 0.717) is 5.96 Å². The number of rotatable bonds is 2. The average molecular weight is 329 g/mol. The van der Waals surface area contributed by atoms with Gasteiger partial charge in [0.05, 0.1) is 5.54 Å². The van der Waals surface area contributed by atoms with Crippen LogP contribution >= 0.6 is 0 Å². The molecule has 25 heavy (non-hydrogen) atoms. The zero-order valence-corrected chi connectivity index (χ0v) is 15.0. The Hall–Kier alpha value is -2.99. The van der Waals surface area contributed by atoms with E-state index in [4.69, 9.17) is 5.41 Å². The van der Waals surface area contributed by atoms with E-state index in [1.54, 1.807) is 4.90 Å². The first-order chi connectivity index (χ1) is 11.9. The molecule has 2 aromatic rings. The van der Waals surface area contributed by atoms with Crippen LogP contribution < -0.4 is 5.32 Å². The molecular formula is C22H23N3. The molecule has 0 radical (unpaired) electrons. The van der Waals surface area contributed by atoms with E-state index in [2.05, 4.69) is 67.1 Å². The number of guanidine groups is 1. The van der Waals surface area contributed by atoms with Gasteiger partial charge in [0.1, 0.15) is 0 Å². The first kappa shape index (κ1) is 16.9. The maximum Gasteiger partial charge on any atom is 0.195 e. The summed E-state index contributed by atoms with van der Waals surface area (Å²) in [7, 11) is 1.87. The van der Waals surface area contributed by atoms with E-state index < -0.39 is 0 Å². The number of benzene rings is 2. The molecule has 3 rings (SSSR count). The second-order valence-corrected chi connectivity index (χ2v) is 6.64. The van der Waals surface area contributed by atoms with Crippen molar-refractivity contribution in [3.63, 3.8) is 0 Å². The van der Waals surface area contributed by atoms with E-state index >= 15 is 0 Å². The van der Waals surface area contributed by atoms with Gasteiger partial charge in [0.15, 0.2) is 5.96 Å². The summed E-state index contributed by atoms with van der Waals surface area (Å²) < 4.78 is 0. The van der Waals surface area contributed by atoms with Gasteiger partial charge >= 0.3 is 0 Å². The van der Waals surface area contributed by atoms with Crippen molar-refractivity contribution in [1.82, 2.24) is 10.2 Å². The second-order valence-electron chi connectivity index (χ2n) is 6.64. The Morgan fingerprint density at radius 2 is 1.84 bits per heavy atom. The van der Waals surface area contributed by atoms with Crippen LogP contribution in [-0.4, -0.2) is 17.9 Å². The van der Waals surface area contributed by atoms with Crippen LogP contribution in [0.15, 0.2) is 60.8 Å². The molecule has 1 atom stereocenters. The molecule has 0 spiro atoms. The predicted molar refractivity (Wildman–Crippen MR) is 104 cm³/mol. The smallest absolute Gasteiger partial charge is 0.195 e. The third-order valence-electron chi connectivity index (χ3n) is 4.73. The van der Waals surface area contributed by atoms with Gasteiger partial charge in [-0.1, -0.05) is 42.8 Å². The van der Waals surface area contributed by atoms with Crippen molar-refractivity contribution < 1.29 is 0 Å². The maximum atomic E-state index is 8.16. The van der Waals surface area contributed by atoms with Crippen LogP contribution in [0.4, 0.5) is 0 Å². The summed E-state index contributed by atoms with van der Waals surface area (Å²) in [6, 6.07) is 16.8. The average Bonchev–Trinajstić information content (AvgIpc) is 2.60. The molecule has 3 nitrogen and oxygen atoms in total. The minimum absolute atomic E-state index is 0.336. The quantitative estimate of drug-likeness (QED) is 0.806. The zero-order chi connectivity index (χ0) is 18.0. The Kier molecular flexibility index (Phi) is 4.37. The lowest BCUT2D eigenvalue weighted by Gasteiger charge is -2.42. The molecule has 1 aliphatic rings. The van der Waals surface area contributed by atoms with Gasteiger partial charge in [-0.2, -0.15) is 0 Å². The van der Waals surface area contributed by atoms with Crippen molar-refractivity contribution in [1.29, 1.82) is 5.41 Å². The van der Waals surface area contributed by atoms with Gasteiger partial charge in [-0.15, -0.1) is 5.92 Å². The Morgan fingerprint density at radius 1 is 1.16 bits per heavy atom. The van der Waals surface area contributed by atoms with E-state index in [1.807, 2.05) is 26.1 Å². The SMILES string of the molecule is C=C1C[C@@](C)(c2cccc(-c3cccc(C#CC)c3)c2)NC(=N)N1C. The summed E-state index contributed by atoms with van der Waals surface area (Å²) in [5.74, 6) is 6.44. The fourth-order valence-corrected chi connectivity index (χ4v) is 3.21. The number of nitrogens with one attached hydrogen (secondary N) is 2. The first-order valence-electron chi connectivity index (χ1n) is 8.35. The van der Waals surface area contributed by atoms with Crippen molar-refractivity contribution in [3.05, 3.63) is 71.9 Å². The molecule has 0 aliphatic carbocycles. The molecule has 1 heterocycles. The van der Waals surface area contributed by atoms with Crippen LogP contribution in [-0.2, 0) is 5.54 Å². The Balaban J connectivity index is 1.99. The maximum absolute atomic E-state index is 8.16. The van der Waals surface area contributed by atoms with Gasteiger partial charge in [-0.3, -0.25) is 5.41 Å². The zero-order valence-electron chi connectivity index (χ0n) is 15.0. The van der Waals surface area contributed by atoms with Gasteiger partial charge in [0.25, 0.3) is 0 Å². The van der Waals surface area contributed by atoms with Gasteiger partial charge in [0, 0.05) is 24.7 Å². The molecular weight excluding hydrogens is 306 g/mol. The van der Waals surface area contributed by atoms with E-state index in [1.165, 1.54) is 0 Å². The molecule has 2 N–H and O–H groups in total. The summed E-state index contributed by atoms with van der Waals surface area (Å²) >= 11 is 0. The van der Waals surface area contributed by atoms with Gasteiger partial charge in [0.2, 0.25) is 0 Å². The standard InChI is InChI=1S/C22H23N3/c1-5-8-17-9-6-10-18(13-17)19-11-7-12-20(14-19)22(3)15-16(2)25(4)21(23)24-22/h6-7,9-14H,2,15H2,1,3-4H3,(H2,23,24)/t22-/m0/s1. The van der Waals surface area contributed by atoms with E-state index in [0.717, 1.165) is 34.4 Å². The summed E-state index contributed by atoms with van der Waals surface area (Å²) in [6.07, 6.45) is 0.761. The highest BCUT2D eigenvalue weighted by Crippen LogP contribution is 2.34. The minimum atomic E-state index is -0.336. The third kappa shape index (κ3) is 3.29. The molecule has 0 unspecified atom stereocenters. The fraction of sp³-hybridized carbons (Fsp3) is 0.227. The van der Waals surface area contributed by atoms with Crippen LogP contribution in [0.2, 0.25) is 0 Å². The summed E-state index contributed by atoms with van der Waals surface area (Å²) in [6.45, 7) is 8.08. The Morgan fingerprint density at radius 3 is 2.52 bits per heavy atom. The minimum Gasteiger partial charge on any atom is -0.347 e. The van der Waals surface area contributed by atoms with Crippen LogP contribution in [0.5, 0.6) is 0 Å². The van der Waals surface area contributed by atoms with Crippen molar-refractivity contribution in [2.45, 2.75) is 25.8 Å². The van der Waals surface area contributed by atoms with Crippen molar-refractivity contribution >= 4 is 5.96 Å². The predicted octanol–water partition coefficient (Wildman–Crippen LogP) is 4.31. The Labute approximate surface area is 149 Å². The van der Waals surface area contributed by atoms with Crippen molar-refractivity contribution in [2.24, 2.45) is 0 Å². The molecule has 1 aliphatic heterocycles. The fourth-order valence-electron chi connectivity index (χ4n) is 3.21. The van der Waals surface area contributed by atoms with Crippen LogP contribution in [0.1, 0.15) is 31.4 Å². The second kappa shape index (κ2) is 6.49. The van der Waals surface area contributed by atoms with Crippen LogP contribution in [0.25, 0.3) is 11.1 Å². The lowest BCUT2D eigenvalue weighted by Crippen LogP contribution is -2.54. The first-order valence-corrected chi connectivity index (χ1v) is 8.35. The lowest BCUT2D eigenvalue weighted by molar-refractivity contribution is 0.336. The molecule has 126 valence electrons. The summed E-state index contributed by atoms with van der Waals surface area (Å²) in [4.78, 5) is 1.79. The largest absolute Gasteiger partial charge is 0.347 e. The number of hydrogen-bond acceptors (Lipinski definition) is 1. The van der Waals surface area contributed by atoms with Crippen LogP contribution in [0, 0.1) is 17.3 Å². The molecule has 1 fully saturated rings. The van der Waals surface area contributed by atoms with Crippen molar-refractivity contribution in [3.8, 4) is 23.0 Å². The van der Waals surface area contributed by atoms with E-state index in [-0.39, 0.29) is 5.54 Å². The molecule has 0 saturated carbocycles. The molecule has 2 aromatic carbocycles. The monoisotopic (exact) mass is 329 g/mol. The van der Waals surface area contributed by atoms with Gasteiger partial charge < -0.3 is 10.2 Å². The van der Waals surface area contributed by atoms with E-state index in [9.17, 15) is 0 Å². The molecule has 0 aromatic heterocycles.